The zero-order valence-electron chi connectivity index (χ0n) is 10.7. The van der Waals surface area contributed by atoms with Crippen molar-refractivity contribution < 1.29 is 8.37 Å². The summed E-state index contributed by atoms with van der Waals surface area (Å²) in [6.07, 6.45) is 0.0430. The van der Waals surface area contributed by atoms with E-state index < -0.39 is 0 Å². The topological polar surface area (TPSA) is 18.5 Å². The molecule has 0 spiro atoms. The Bertz CT molecular complexity index is 462. The van der Waals surface area contributed by atoms with Gasteiger partial charge in [0.15, 0.2) is 0 Å². The van der Waals surface area contributed by atoms with E-state index in [1.165, 1.54) is 24.1 Å². The van der Waals surface area contributed by atoms with E-state index in [1.54, 1.807) is 0 Å². The fraction of sp³-hybridized carbons (Fsp3) is 0.200. The molecule has 0 aromatic heterocycles. The van der Waals surface area contributed by atoms with Crippen molar-refractivity contribution >= 4 is 24.1 Å². The summed E-state index contributed by atoms with van der Waals surface area (Å²) in [7, 11) is 0. The molecule has 0 aliphatic carbocycles. The molecular weight excluding hydrogens is 276 g/mol. The molecule has 100 valence electrons. The van der Waals surface area contributed by atoms with Crippen LogP contribution in [0.5, 0.6) is 0 Å². The van der Waals surface area contributed by atoms with Crippen molar-refractivity contribution in [1.29, 1.82) is 0 Å². The predicted octanol–water partition coefficient (Wildman–Crippen LogP) is 4.82. The van der Waals surface area contributed by atoms with Crippen molar-refractivity contribution in [3.8, 4) is 0 Å². The molecule has 0 fully saturated rings. The summed E-state index contributed by atoms with van der Waals surface area (Å²) in [6, 6.07) is 20.1. The molecule has 0 saturated heterocycles. The van der Waals surface area contributed by atoms with E-state index in [0.717, 1.165) is 9.79 Å². The van der Waals surface area contributed by atoms with Gasteiger partial charge in [-0.1, -0.05) is 36.4 Å². The molecule has 0 N–H and O–H groups in total. The standard InChI is InChI=1S/C15H16O2S2/c1-13(17-19-15-10-6-3-7-11-15)12-16-18-14-8-4-2-5-9-14/h2-11,13H,12H2,1H3. The van der Waals surface area contributed by atoms with Crippen LogP contribution in [0.4, 0.5) is 0 Å². The molecule has 0 aliphatic rings. The van der Waals surface area contributed by atoms with Gasteiger partial charge in [0.1, 0.15) is 0 Å². The Hall–Kier alpha value is -0.940. The largest absolute Gasteiger partial charge is 0.307 e. The molecule has 0 bridgehead atoms. The maximum absolute atomic E-state index is 5.64. The van der Waals surface area contributed by atoms with Crippen LogP contribution in [0.15, 0.2) is 70.5 Å². The quantitative estimate of drug-likeness (QED) is 0.681. The molecule has 0 amide bonds. The van der Waals surface area contributed by atoms with Crippen molar-refractivity contribution in [2.45, 2.75) is 22.8 Å². The SMILES string of the molecule is CC(COSc1ccccc1)OSc1ccccc1. The highest BCUT2D eigenvalue weighted by Crippen LogP contribution is 2.22. The van der Waals surface area contributed by atoms with E-state index in [-0.39, 0.29) is 6.10 Å². The van der Waals surface area contributed by atoms with Crippen LogP contribution in [-0.4, -0.2) is 12.7 Å². The maximum Gasteiger partial charge on any atom is 0.0944 e. The molecule has 1 unspecified atom stereocenters. The van der Waals surface area contributed by atoms with Crippen molar-refractivity contribution in [1.82, 2.24) is 0 Å². The summed E-state index contributed by atoms with van der Waals surface area (Å²) in [5, 5.41) is 0. The fourth-order valence-corrected chi connectivity index (χ4v) is 2.58. The lowest BCUT2D eigenvalue weighted by Gasteiger charge is -2.11. The molecular formula is C15H16O2S2. The third kappa shape index (κ3) is 5.70. The van der Waals surface area contributed by atoms with Crippen LogP contribution in [0.1, 0.15) is 6.92 Å². The van der Waals surface area contributed by atoms with Gasteiger partial charge in [0, 0.05) is 33.9 Å². The first-order valence-corrected chi connectivity index (χ1v) is 7.56. The van der Waals surface area contributed by atoms with E-state index in [9.17, 15) is 0 Å². The highest BCUT2D eigenvalue weighted by atomic mass is 32.2. The Balaban J connectivity index is 1.64. The van der Waals surface area contributed by atoms with Gasteiger partial charge in [-0.2, -0.15) is 0 Å². The third-order valence-corrected chi connectivity index (χ3v) is 3.86. The average molecular weight is 292 g/mol. The van der Waals surface area contributed by atoms with Gasteiger partial charge in [-0.3, -0.25) is 0 Å². The number of benzene rings is 2. The van der Waals surface area contributed by atoms with E-state index in [2.05, 4.69) is 0 Å². The smallest absolute Gasteiger partial charge is 0.0944 e. The van der Waals surface area contributed by atoms with E-state index in [4.69, 9.17) is 8.37 Å². The molecule has 2 rings (SSSR count). The molecule has 0 heterocycles. The van der Waals surface area contributed by atoms with E-state index in [1.807, 2.05) is 67.6 Å². The Morgan fingerprint density at radius 3 is 1.95 bits per heavy atom. The number of hydrogen-bond acceptors (Lipinski definition) is 4. The molecule has 2 aromatic carbocycles. The molecule has 1 atom stereocenters. The highest BCUT2D eigenvalue weighted by Gasteiger charge is 2.05. The second-order valence-electron chi connectivity index (χ2n) is 3.98. The lowest BCUT2D eigenvalue weighted by molar-refractivity contribution is 0.183. The zero-order chi connectivity index (χ0) is 13.3. The maximum atomic E-state index is 5.64. The average Bonchev–Trinajstić information content (AvgIpc) is 2.47. The normalized spacial score (nSPS) is 12.3. The van der Waals surface area contributed by atoms with Crippen molar-refractivity contribution in [3.05, 3.63) is 60.7 Å². The van der Waals surface area contributed by atoms with Gasteiger partial charge < -0.3 is 8.37 Å². The molecule has 0 saturated carbocycles. The lowest BCUT2D eigenvalue weighted by atomic mass is 10.4. The summed E-state index contributed by atoms with van der Waals surface area (Å²) in [5.41, 5.74) is 0. The van der Waals surface area contributed by atoms with Crippen molar-refractivity contribution in [2.75, 3.05) is 6.61 Å². The third-order valence-electron chi connectivity index (χ3n) is 2.25. The second-order valence-corrected chi connectivity index (χ2v) is 5.69. The van der Waals surface area contributed by atoms with Gasteiger partial charge in [-0.05, 0) is 31.2 Å². The minimum Gasteiger partial charge on any atom is -0.307 e. The van der Waals surface area contributed by atoms with Crippen molar-refractivity contribution in [2.24, 2.45) is 0 Å². The van der Waals surface area contributed by atoms with Gasteiger partial charge in [0.25, 0.3) is 0 Å². The monoisotopic (exact) mass is 292 g/mol. The number of hydrogen-bond donors (Lipinski definition) is 0. The van der Waals surface area contributed by atoms with Crippen LogP contribution >= 0.6 is 24.1 Å². The summed E-state index contributed by atoms with van der Waals surface area (Å²) in [5.74, 6) is 0. The number of rotatable bonds is 7. The van der Waals surface area contributed by atoms with Crippen LogP contribution in [0.3, 0.4) is 0 Å². The molecule has 0 aliphatic heterocycles. The highest BCUT2D eigenvalue weighted by molar-refractivity contribution is 7.95. The summed E-state index contributed by atoms with van der Waals surface area (Å²) >= 11 is 2.77. The first-order valence-electron chi connectivity index (χ1n) is 6.07. The molecule has 2 aromatic rings. The van der Waals surface area contributed by atoms with Gasteiger partial charge in [0.2, 0.25) is 0 Å². The first-order chi connectivity index (χ1) is 9.34. The zero-order valence-corrected chi connectivity index (χ0v) is 12.3. The van der Waals surface area contributed by atoms with Crippen LogP contribution in [-0.2, 0) is 8.37 Å². The minimum absolute atomic E-state index is 0.0430. The Labute approximate surface area is 122 Å². The summed E-state index contributed by atoms with van der Waals surface area (Å²) in [4.78, 5) is 2.20. The van der Waals surface area contributed by atoms with Gasteiger partial charge in [-0.25, -0.2) is 0 Å². The van der Waals surface area contributed by atoms with Gasteiger partial charge >= 0.3 is 0 Å². The molecule has 0 radical (unpaired) electrons. The van der Waals surface area contributed by atoms with Crippen LogP contribution in [0.2, 0.25) is 0 Å². The van der Waals surface area contributed by atoms with E-state index >= 15 is 0 Å². The summed E-state index contributed by atoms with van der Waals surface area (Å²) in [6.45, 7) is 2.56. The molecule has 2 nitrogen and oxygen atoms in total. The Morgan fingerprint density at radius 2 is 1.37 bits per heavy atom. The first kappa shape index (κ1) is 14.5. The van der Waals surface area contributed by atoms with Crippen LogP contribution in [0.25, 0.3) is 0 Å². The summed E-state index contributed by atoms with van der Waals surface area (Å²) < 4.78 is 11.2. The van der Waals surface area contributed by atoms with E-state index in [0.29, 0.717) is 6.61 Å². The fourth-order valence-electron chi connectivity index (χ4n) is 1.32. The van der Waals surface area contributed by atoms with Crippen molar-refractivity contribution in [3.63, 3.8) is 0 Å². The van der Waals surface area contributed by atoms with Crippen LogP contribution < -0.4 is 0 Å². The lowest BCUT2D eigenvalue weighted by Crippen LogP contribution is -2.10. The molecule has 19 heavy (non-hydrogen) atoms. The molecule has 4 heteroatoms. The van der Waals surface area contributed by atoms with Crippen LogP contribution in [0, 0.1) is 0 Å². The van der Waals surface area contributed by atoms with Gasteiger partial charge in [-0.15, -0.1) is 0 Å². The second kappa shape index (κ2) is 8.27. The Morgan fingerprint density at radius 1 is 0.842 bits per heavy atom. The minimum atomic E-state index is 0.0430. The predicted molar refractivity (Wildman–Crippen MR) is 81.1 cm³/mol. The Kier molecular flexibility index (Phi) is 6.30. The van der Waals surface area contributed by atoms with Gasteiger partial charge in [0.05, 0.1) is 12.7 Å².